The average Bonchev–Trinajstić information content (AvgIpc) is 2.32. The molecule has 0 spiro atoms. The van der Waals surface area contributed by atoms with Crippen LogP contribution in [0, 0.1) is 0 Å². The lowest BCUT2D eigenvalue weighted by molar-refractivity contribution is -0.0803. The fraction of sp³-hybridized carbons (Fsp3) is 1.00. The first-order valence-electron chi connectivity index (χ1n) is 7.77. The summed E-state index contributed by atoms with van der Waals surface area (Å²) in [7, 11) is 0. The van der Waals surface area contributed by atoms with E-state index in [0.29, 0.717) is 18.2 Å². The Labute approximate surface area is 113 Å². The van der Waals surface area contributed by atoms with Crippen LogP contribution >= 0.6 is 0 Å². The van der Waals surface area contributed by atoms with E-state index in [1.807, 2.05) is 0 Å². The maximum absolute atomic E-state index is 5.95. The first-order valence-corrected chi connectivity index (χ1v) is 7.77. The first kappa shape index (κ1) is 15.9. The summed E-state index contributed by atoms with van der Waals surface area (Å²) in [6.07, 6.45) is 8.70. The third-order valence-corrected chi connectivity index (χ3v) is 3.88. The summed E-state index contributed by atoms with van der Waals surface area (Å²) in [4.78, 5) is 2.54. The Balaban J connectivity index is 2.26. The molecule has 1 fully saturated rings. The van der Waals surface area contributed by atoms with Crippen molar-refractivity contribution >= 4 is 0 Å². The highest BCUT2D eigenvalue weighted by molar-refractivity contribution is 4.80. The Morgan fingerprint density at radius 2 is 1.72 bits per heavy atom. The van der Waals surface area contributed by atoms with Gasteiger partial charge in [-0.3, -0.25) is 4.90 Å². The predicted octanol–water partition coefficient (Wildman–Crippen LogP) is 2.78. The Kier molecular flexibility index (Phi) is 7.87. The second-order valence-electron chi connectivity index (χ2n) is 5.80. The van der Waals surface area contributed by atoms with Crippen molar-refractivity contribution in [2.75, 3.05) is 19.6 Å². The van der Waals surface area contributed by atoms with Crippen LogP contribution < -0.4 is 5.73 Å². The fourth-order valence-corrected chi connectivity index (χ4v) is 2.95. The minimum absolute atomic E-state index is 0.350. The quantitative estimate of drug-likeness (QED) is 0.679. The summed E-state index contributed by atoms with van der Waals surface area (Å²) < 4.78 is 5.79. The molecule has 0 radical (unpaired) electrons. The number of nitrogens with zero attached hydrogens (tertiary/aromatic N) is 1. The van der Waals surface area contributed by atoms with Crippen molar-refractivity contribution in [3.63, 3.8) is 0 Å². The van der Waals surface area contributed by atoms with Crippen molar-refractivity contribution in [3.8, 4) is 0 Å². The van der Waals surface area contributed by atoms with E-state index in [9.17, 15) is 0 Å². The number of nitrogens with two attached hydrogens (primary N) is 1. The van der Waals surface area contributed by atoms with Crippen molar-refractivity contribution < 1.29 is 4.74 Å². The molecule has 1 aliphatic rings. The minimum atomic E-state index is 0.350. The van der Waals surface area contributed by atoms with E-state index in [1.54, 1.807) is 0 Å². The van der Waals surface area contributed by atoms with Gasteiger partial charge < -0.3 is 10.5 Å². The molecule has 0 aromatic heterocycles. The Bertz CT molecular complexity index is 201. The summed E-state index contributed by atoms with van der Waals surface area (Å²) in [5.41, 5.74) is 5.95. The molecule has 0 aliphatic carbocycles. The third-order valence-electron chi connectivity index (χ3n) is 3.88. The lowest BCUT2D eigenvalue weighted by atomic mass is 10.0. The molecule has 0 amide bonds. The molecular formula is C15H32N2O. The molecule has 1 rings (SSSR count). The van der Waals surface area contributed by atoms with Gasteiger partial charge in [-0.2, -0.15) is 0 Å². The molecule has 1 unspecified atom stereocenters. The number of ether oxygens (including phenoxy) is 1. The molecule has 0 saturated carbocycles. The number of hydrogen-bond donors (Lipinski definition) is 1. The molecule has 1 heterocycles. The summed E-state index contributed by atoms with van der Waals surface area (Å²) in [6, 6.07) is 0.556. The lowest BCUT2D eigenvalue weighted by Crippen LogP contribution is -2.52. The summed E-state index contributed by atoms with van der Waals surface area (Å²) in [5.74, 6) is 0. The van der Waals surface area contributed by atoms with Crippen LogP contribution in [0.15, 0.2) is 0 Å². The maximum atomic E-state index is 5.95. The van der Waals surface area contributed by atoms with Crippen LogP contribution in [0.2, 0.25) is 0 Å². The highest BCUT2D eigenvalue weighted by Crippen LogP contribution is 2.17. The summed E-state index contributed by atoms with van der Waals surface area (Å²) >= 11 is 0. The molecule has 108 valence electrons. The van der Waals surface area contributed by atoms with Crippen LogP contribution in [-0.4, -0.2) is 42.8 Å². The van der Waals surface area contributed by atoms with Gasteiger partial charge in [-0.1, -0.05) is 39.0 Å². The first-order chi connectivity index (χ1) is 8.67. The van der Waals surface area contributed by atoms with Gasteiger partial charge in [0.1, 0.15) is 0 Å². The van der Waals surface area contributed by atoms with Gasteiger partial charge in [0.05, 0.1) is 12.2 Å². The highest BCUT2D eigenvalue weighted by Gasteiger charge is 2.26. The number of hydrogen-bond acceptors (Lipinski definition) is 3. The van der Waals surface area contributed by atoms with Gasteiger partial charge in [-0.05, 0) is 20.3 Å². The van der Waals surface area contributed by atoms with Crippen LogP contribution in [0.4, 0.5) is 0 Å². The topological polar surface area (TPSA) is 38.5 Å². The monoisotopic (exact) mass is 256 g/mol. The molecule has 2 N–H and O–H groups in total. The molecule has 3 heteroatoms. The smallest absolute Gasteiger partial charge is 0.0678 e. The third kappa shape index (κ3) is 5.68. The van der Waals surface area contributed by atoms with E-state index in [4.69, 9.17) is 10.5 Å². The molecule has 3 nitrogen and oxygen atoms in total. The van der Waals surface area contributed by atoms with Crippen molar-refractivity contribution in [1.82, 2.24) is 4.90 Å². The second-order valence-corrected chi connectivity index (χ2v) is 5.80. The van der Waals surface area contributed by atoms with Gasteiger partial charge in [-0.25, -0.2) is 0 Å². The van der Waals surface area contributed by atoms with Gasteiger partial charge >= 0.3 is 0 Å². The van der Waals surface area contributed by atoms with Gasteiger partial charge in [0.25, 0.3) is 0 Å². The largest absolute Gasteiger partial charge is 0.373 e. The van der Waals surface area contributed by atoms with Gasteiger partial charge in [-0.15, -0.1) is 0 Å². The van der Waals surface area contributed by atoms with E-state index >= 15 is 0 Å². The van der Waals surface area contributed by atoms with E-state index in [2.05, 4.69) is 25.7 Å². The molecule has 3 atom stereocenters. The zero-order valence-corrected chi connectivity index (χ0v) is 12.5. The fourth-order valence-electron chi connectivity index (χ4n) is 2.95. The van der Waals surface area contributed by atoms with E-state index in [0.717, 1.165) is 19.6 Å². The Hall–Kier alpha value is -0.120. The van der Waals surface area contributed by atoms with Gasteiger partial charge in [0.15, 0.2) is 0 Å². The molecule has 0 aromatic carbocycles. The molecular weight excluding hydrogens is 224 g/mol. The van der Waals surface area contributed by atoms with Crippen LogP contribution in [0.1, 0.15) is 59.3 Å². The van der Waals surface area contributed by atoms with Gasteiger partial charge in [0, 0.05) is 25.7 Å². The standard InChI is InChI=1S/C15H32N2O/c1-4-5-6-7-8-9-15(10-16)17-11-13(2)18-14(3)12-17/h13-15H,4-12,16H2,1-3H3/t13-,14+,15?. The van der Waals surface area contributed by atoms with Crippen LogP contribution in [0.5, 0.6) is 0 Å². The molecule has 1 aliphatic heterocycles. The Morgan fingerprint density at radius 1 is 1.11 bits per heavy atom. The number of rotatable bonds is 8. The van der Waals surface area contributed by atoms with E-state index in [-0.39, 0.29) is 0 Å². The molecule has 1 saturated heterocycles. The zero-order chi connectivity index (χ0) is 13.4. The zero-order valence-electron chi connectivity index (χ0n) is 12.5. The summed E-state index contributed by atoms with van der Waals surface area (Å²) in [5, 5.41) is 0. The number of morpholine rings is 1. The van der Waals surface area contributed by atoms with Crippen molar-refractivity contribution in [3.05, 3.63) is 0 Å². The normalized spacial score (nSPS) is 27.3. The van der Waals surface area contributed by atoms with Crippen LogP contribution in [0.25, 0.3) is 0 Å². The highest BCUT2D eigenvalue weighted by atomic mass is 16.5. The predicted molar refractivity (Wildman–Crippen MR) is 77.8 cm³/mol. The Morgan fingerprint density at radius 3 is 2.28 bits per heavy atom. The lowest BCUT2D eigenvalue weighted by Gasteiger charge is -2.40. The van der Waals surface area contributed by atoms with Crippen LogP contribution in [0.3, 0.4) is 0 Å². The van der Waals surface area contributed by atoms with Crippen molar-refractivity contribution in [2.24, 2.45) is 5.73 Å². The van der Waals surface area contributed by atoms with Crippen LogP contribution in [-0.2, 0) is 4.74 Å². The molecule has 0 bridgehead atoms. The van der Waals surface area contributed by atoms with E-state index in [1.165, 1.54) is 38.5 Å². The average molecular weight is 256 g/mol. The second kappa shape index (κ2) is 8.89. The molecule has 18 heavy (non-hydrogen) atoms. The van der Waals surface area contributed by atoms with Crippen molar-refractivity contribution in [2.45, 2.75) is 77.5 Å². The number of unbranched alkanes of at least 4 members (excludes halogenated alkanes) is 4. The summed E-state index contributed by atoms with van der Waals surface area (Å²) in [6.45, 7) is 9.46. The van der Waals surface area contributed by atoms with Gasteiger partial charge in [0.2, 0.25) is 0 Å². The minimum Gasteiger partial charge on any atom is -0.373 e. The maximum Gasteiger partial charge on any atom is 0.0678 e. The molecule has 0 aromatic rings. The SMILES string of the molecule is CCCCCCCC(CN)N1C[C@@H](C)O[C@@H](C)C1. The van der Waals surface area contributed by atoms with E-state index < -0.39 is 0 Å². The van der Waals surface area contributed by atoms with Crippen molar-refractivity contribution in [1.29, 1.82) is 0 Å².